The first-order valence-electron chi connectivity index (χ1n) is 7.17. The molecule has 0 radical (unpaired) electrons. The molecule has 1 N–H and O–H groups in total. The smallest absolute Gasteiger partial charge is 0.292 e. The van der Waals surface area contributed by atoms with Crippen molar-refractivity contribution in [3.8, 4) is 0 Å². The van der Waals surface area contributed by atoms with Crippen molar-refractivity contribution in [1.82, 2.24) is 4.90 Å². The lowest BCUT2D eigenvalue weighted by Gasteiger charge is -2.23. The molecule has 0 aliphatic heterocycles. The number of nitrogens with zero attached hydrogens (tertiary/aromatic N) is 2. The maximum Gasteiger partial charge on any atom is 0.292 e. The second kappa shape index (κ2) is 7.34. The number of benzene rings is 1. The van der Waals surface area contributed by atoms with Crippen LogP contribution in [0.2, 0.25) is 0 Å². The van der Waals surface area contributed by atoms with E-state index in [1.165, 1.54) is 22.6 Å². The van der Waals surface area contributed by atoms with Crippen LogP contribution in [0.5, 0.6) is 0 Å². The number of carbonyl (C=O) groups excluding carboxylic acids is 1. The van der Waals surface area contributed by atoms with Gasteiger partial charge in [0, 0.05) is 17.5 Å². The van der Waals surface area contributed by atoms with Crippen molar-refractivity contribution in [2.45, 2.75) is 26.4 Å². The van der Waals surface area contributed by atoms with Gasteiger partial charge in [-0.15, -0.1) is 11.3 Å². The molecule has 1 heterocycles. The van der Waals surface area contributed by atoms with Crippen LogP contribution in [0.4, 0.5) is 11.4 Å². The number of anilines is 1. The van der Waals surface area contributed by atoms with E-state index in [9.17, 15) is 14.9 Å². The van der Waals surface area contributed by atoms with Gasteiger partial charge in [0.2, 0.25) is 5.91 Å². The minimum Gasteiger partial charge on any atom is -0.319 e. The molecule has 7 heteroatoms. The molecular formula is C16H19N3O3S. The third-order valence-corrected chi connectivity index (χ3v) is 4.77. The van der Waals surface area contributed by atoms with Gasteiger partial charge in [0.05, 0.1) is 11.0 Å². The highest BCUT2D eigenvalue weighted by Gasteiger charge is 2.22. The highest BCUT2D eigenvalue weighted by molar-refractivity contribution is 7.10. The van der Waals surface area contributed by atoms with Crippen molar-refractivity contribution in [2.24, 2.45) is 0 Å². The number of hydrogen-bond donors (Lipinski definition) is 1. The minimum atomic E-state index is -0.501. The average Bonchev–Trinajstić information content (AvgIpc) is 2.91. The van der Waals surface area contributed by atoms with Crippen LogP contribution >= 0.6 is 11.3 Å². The van der Waals surface area contributed by atoms with Crippen molar-refractivity contribution in [2.75, 3.05) is 12.4 Å². The Balaban J connectivity index is 2.05. The zero-order chi connectivity index (χ0) is 17.0. The van der Waals surface area contributed by atoms with Crippen LogP contribution in [-0.4, -0.2) is 28.8 Å². The summed E-state index contributed by atoms with van der Waals surface area (Å²) in [5.41, 5.74) is 1.31. The van der Waals surface area contributed by atoms with E-state index in [0.29, 0.717) is 6.54 Å². The Morgan fingerprint density at radius 2 is 2.09 bits per heavy atom. The lowest BCUT2D eigenvalue weighted by atomic mass is 10.2. The summed E-state index contributed by atoms with van der Waals surface area (Å²) in [6.45, 7) is 4.49. The van der Waals surface area contributed by atoms with Crippen molar-refractivity contribution < 1.29 is 9.72 Å². The average molecular weight is 333 g/mol. The van der Waals surface area contributed by atoms with Crippen LogP contribution < -0.4 is 5.32 Å². The molecular weight excluding hydrogens is 314 g/mol. The molecule has 23 heavy (non-hydrogen) atoms. The third kappa shape index (κ3) is 4.14. The number of nitrogens with one attached hydrogen (secondary N) is 1. The van der Waals surface area contributed by atoms with Crippen LogP contribution in [0.1, 0.15) is 17.4 Å². The van der Waals surface area contributed by atoms with E-state index in [0.717, 1.165) is 0 Å². The minimum absolute atomic E-state index is 0.107. The van der Waals surface area contributed by atoms with Crippen molar-refractivity contribution >= 4 is 28.6 Å². The summed E-state index contributed by atoms with van der Waals surface area (Å²) in [6, 6.07) is 7.78. The fourth-order valence-corrected chi connectivity index (χ4v) is 3.07. The molecule has 1 aromatic carbocycles. The maximum absolute atomic E-state index is 12.4. The third-order valence-electron chi connectivity index (χ3n) is 3.76. The molecule has 122 valence electrons. The van der Waals surface area contributed by atoms with E-state index in [1.54, 1.807) is 30.4 Å². The Labute approximate surface area is 138 Å². The number of para-hydroxylation sites is 2. The van der Waals surface area contributed by atoms with E-state index in [-0.39, 0.29) is 17.3 Å². The monoisotopic (exact) mass is 333 g/mol. The first-order valence-corrected chi connectivity index (χ1v) is 8.05. The van der Waals surface area contributed by atoms with Gasteiger partial charge < -0.3 is 5.32 Å². The normalized spacial score (nSPS) is 12.2. The second-order valence-electron chi connectivity index (χ2n) is 5.38. The number of nitro groups is 1. The number of aryl methyl sites for hydroxylation is 1. The number of rotatable bonds is 6. The van der Waals surface area contributed by atoms with Gasteiger partial charge in [-0.25, -0.2) is 0 Å². The van der Waals surface area contributed by atoms with Crippen LogP contribution in [0, 0.1) is 17.0 Å². The van der Waals surface area contributed by atoms with Gasteiger partial charge in [-0.1, -0.05) is 12.1 Å². The van der Waals surface area contributed by atoms with Gasteiger partial charge >= 0.3 is 0 Å². The fraction of sp³-hybridized carbons (Fsp3) is 0.312. The highest BCUT2D eigenvalue weighted by atomic mass is 32.1. The first-order chi connectivity index (χ1) is 10.9. The maximum atomic E-state index is 12.4. The molecule has 0 fully saturated rings. The molecule has 1 aromatic heterocycles. The summed E-state index contributed by atoms with van der Waals surface area (Å²) < 4.78 is 0. The molecule has 0 unspecified atom stereocenters. The summed E-state index contributed by atoms with van der Waals surface area (Å²) in [6.07, 6.45) is 0. The molecule has 1 atom stereocenters. The second-order valence-corrected chi connectivity index (χ2v) is 6.38. The van der Waals surface area contributed by atoms with Gasteiger partial charge in [0.1, 0.15) is 5.69 Å². The Kier molecular flexibility index (Phi) is 5.46. The number of carbonyl (C=O) groups is 1. The molecule has 0 aliphatic rings. The number of hydrogen-bond acceptors (Lipinski definition) is 5. The molecule has 0 aliphatic carbocycles. The Morgan fingerprint density at radius 3 is 2.70 bits per heavy atom. The van der Waals surface area contributed by atoms with Gasteiger partial charge in [-0.3, -0.25) is 19.8 Å². The summed E-state index contributed by atoms with van der Waals surface area (Å²) >= 11 is 1.65. The molecule has 1 amide bonds. The molecule has 0 spiro atoms. The largest absolute Gasteiger partial charge is 0.319 e. The van der Waals surface area contributed by atoms with E-state index in [4.69, 9.17) is 0 Å². The quantitative estimate of drug-likeness (QED) is 0.649. The predicted molar refractivity (Wildman–Crippen MR) is 91.7 cm³/mol. The zero-order valence-electron chi connectivity index (χ0n) is 13.3. The number of amides is 1. The molecule has 0 saturated carbocycles. The van der Waals surface area contributed by atoms with E-state index in [1.807, 2.05) is 30.3 Å². The summed E-state index contributed by atoms with van der Waals surface area (Å²) in [4.78, 5) is 26.0. The van der Waals surface area contributed by atoms with E-state index >= 15 is 0 Å². The first kappa shape index (κ1) is 17.1. The Morgan fingerprint density at radius 1 is 1.39 bits per heavy atom. The van der Waals surface area contributed by atoms with E-state index in [2.05, 4.69) is 5.32 Å². The molecule has 2 rings (SSSR count). The molecule has 0 bridgehead atoms. The van der Waals surface area contributed by atoms with Gasteiger partial charge in [-0.2, -0.15) is 0 Å². The standard InChI is InChI=1S/C16H19N3O3S/c1-11-8-9-23-15(11)10-18(3)12(2)16(20)17-13-6-4-5-7-14(13)19(21)22/h4-9,12H,10H2,1-3H3,(H,17,20)/t12-/m0/s1. The van der Waals surface area contributed by atoms with Crippen LogP contribution in [0.25, 0.3) is 0 Å². The fourth-order valence-electron chi connectivity index (χ4n) is 2.11. The zero-order valence-corrected chi connectivity index (χ0v) is 14.1. The molecule has 2 aromatic rings. The van der Waals surface area contributed by atoms with Crippen LogP contribution in [0.15, 0.2) is 35.7 Å². The highest BCUT2D eigenvalue weighted by Crippen LogP contribution is 2.24. The molecule has 6 nitrogen and oxygen atoms in total. The summed E-state index contributed by atoms with van der Waals surface area (Å²) in [5, 5.41) is 15.7. The number of likely N-dealkylation sites (N-methyl/N-ethyl adjacent to an activating group) is 1. The number of nitro benzene ring substituents is 1. The van der Waals surface area contributed by atoms with Crippen LogP contribution in [-0.2, 0) is 11.3 Å². The summed E-state index contributed by atoms with van der Waals surface area (Å²) in [5.74, 6) is -0.268. The van der Waals surface area contributed by atoms with E-state index < -0.39 is 11.0 Å². The lowest BCUT2D eigenvalue weighted by molar-refractivity contribution is -0.383. The predicted octanol–water partition coefficient (Wildman–Crippen LogP) is 3.42. The van der Waals surface area contributed by atoms with Crippen molar-refractivity contribution in [3.63, 3.8) is 0 Å². The SMILES string of the molecule is Cc1ccsc1CN(C)[C@@H](C)C(=O)Nc1ccccc1[N+](=O)[O-]. The van der Waals surface area contributed by atoms with Gasteiger partial charge in [0.15, 0.2) is 0 Å². The molecule has 0 saturated heterocycles. The van der Waals surface area contributed by atoms with Crippen LogP contribution in [0.3, 0.4) is 0 Å². The number of thiophene rings is 1. The van der Waals surface area contributed by atoms with Gasteiger partial charge in [0.25, 0.3) is 5.69 Å². The van der Waals surface area contributed by atoms with Gasteiger partial charge in [-0.05, 0) is 44.0 Å². The topological polar surface area (TPSA) is 75.5 Å². The lowest BCUT2D eigenvalue weighted by Crippen LogP contribution is -2.39. The Bertz CT molecular complexity index is 714. The van der Waals surface area contributed by atoms with Crippen molar-refractivity contribution in [3.05, 3.63) is 56.3 Å². The summed E-state index contributed by atoms with van der Waals surface area (Å²) in [7, 11) is 1.86. The van der Waals surface area contributed by atoms with Crippen molar-refractivity contribution in [1.29, 1.82) is 0 Å². The Hall–Kier alpha value is -2.25.